The van der Waals surface area contributed by atoms with E-state index >= 15 is 0 Å². The quantitative estimate of drug-likeness (QED) is 0.782. The van der Waals surface area contributed by atoms with Gasteiger partial charge in [-0.2, -0.15) is 0 Å². The van der Waals surface area contributed by atoms with Crippen LogP contribution in [0.4, 0.5) is 0 Å². The number of aliphatic hydroxyl groups excluding tert-OH is 1. The first-order chi connectivity index (χ1) is 6.77. The molecule has 1 aromatic rings. The average molecular weight is 195 g/mol. The Labute approximate surface area is 84.7 Å². The first-order valence-corrected chi connectivity index (χ1v) is 4.98. The molecule has 1 heterocycles. The van der Waals surface area contributed by atoms with Crippen molar-refractivity contribution in [1.29, 1.82) is 0 Å². The van der Waals surface area contributed by atoms with Gasteiger partial charge in [-0.15, -0.1) is 0 Å². The number of pyridine rings is 1. The number of nitrogens with zero attached hydrogens (tertiary/aromatic N) is 1. The van der Waals surface area contributed by atoms with Crippen molar-refractivity contribution in [2.24, 2.45) is 0 Å². The predicted octanol–water partition coefficient (Wildman–Crippen LogP) is 2.14. The Hall–Kier alpha value is -1.09. The lowest BCUT2D eigenvalue weighted by Crippen LogP contribution is -2.12. The van der Waals surface area contributed by atoms with E-state index in [1.54, 1.807) is 18.5 Å². The molecule has 1 N–H and O–H groups in total. The van der Waals surface area contributed by atoms with Gasteiger partial charge in [0.2, 0.25) is 0 Å². The van der Waals surface area contributed by atoms with Gasteiger partial charge < -0.3 is 9.84 Å². The van der Waals surface area contributed by atoms with Crippen LogP contribution in [0.1, 0.15) is 32.3 Å². The van der Waals surface area contributed by atoms with Gasteiger partial charge >= 0.3 is 0 Å². The number of hydrogen-bond acceptors (Lipinski definition) is 3. The second kappa shape index (κ2) is 5.60. The zero-order chi connectivity index (χ0) is 10.4. The normalized spacial score (nSPS) is 12.5. The highest BCUT2D eigenvalue weighted by atomic mass is 16.5. The van der Waals surface area contributed by atoms with Gasteiger partial charge in [0.25, 0.3) is 0 Å². The molecule has 14 heavy (non-hydrogen) atoms. The summed E-state index contributed by atoms with van der Waals surface area (Å²) in [5.74, 6) is 0.691. The molecule has 0 aliphatic heterocycles. The fourth-order valence-corrected chi connectivity index (χ4v) is 1.33. The van der Waals surface area contributed by atoms with Crippen molar-refractivity contribution in [2.45, 2.75) is 39.4 Å². The van der Waals surface area contributed by atoms with Gasteiger partial charge in [0, 0.05) is 11.8 Å². The summed E-state index contributed by atoms with van der Waals surface area (Å²) < 4.78 is 5.65. The van der Waals surface area contributed by atoms with Crippen molar-refractivity contribution < 1.29 is 9.84 Å². The van der Waals surface area contributed by atoms with Crippen LogP contribution in [0.15, 0.2) is 18.5 Å². The summed E-state index contributed by atoms with van der Waals surface area (Å²) in [5.41, 5.74) is 0.794. The van der Waals surface area contributed by atoms with Crippen LogP contribution in [0.25, 0.3) is 0 Å². The predicted molar refractivity (Wildman–Crippen MR) is 55.2 cm³/mol. The Bertz CT molecular complexity index is 276. The van der Waals surface area contributed by atoms with E-state index in [2.05, 4.69) is 11.9 Å². The third kappa shape index (κ3) is 3.00. The van der Waals surface area contributed by atoms with E-state index in [4.69, 9.17) is 9.84 Å². The fourth-order valence-electron chi connectivity index (χ4n) is 1.33. The molecule has 0 radical (unpaired) electrons. The van der Waals surface area contributed by atoms with Crippen LogP contribution >= 0.6 is 0 Å². The number of aliphatic hydroxyl groups is 1. The molecular weight excluding hydrogens is 178 g/mol. The Morgan fingerprint density at radius 1 is 1.57 bits per heavy atom. The molecule has 0 spiro atoms. The second-order valence-corrected chi connectivity index (χ2v) is 3.36. The molecule has 1 aromatic heterocycles. The van der Waals surface area contributed by atoms with E-state index in [0.29, 0.717) is 5.75 Å². The van der Waals surface area contributed by atoms with Gasteiger partial charge in [0.05, 0.1) is 18.9 Å². The number of ether oxygens (including phenoxy) is 1. The molecule has 0 aromatic carbocycles. The molecule has 1 atom stereocenters. The topological polar surface area (TPSA) is 42.4 Å². The zero-order valence-electron chi connectivity index (χ0n) is 8.73. The summed E-state index contributed by atoms with van der Waals surface area (Å²) in [6.07, 6.45) is 5.59. The molecule has 0 bridgehead atoms. The molecule has 0 amide bonds. The van der Waals surface area contributed by atoms with Crippen LogP contribution in [0.2, 0.25) is 0 Å². The van der Waals surface area contributed by atoms with Gasteiger partial charge in [0.1, 0.15) is 5.75 Å². The van der Waals surface area contributed by atoms with Crippen LogP contribution < -0.4 is 4.74 Å². The van der Waals surface area contributed by atoms with Gasteiger partial charge in [-0.3, -0.25) is 4.98 Å². The summed E-state index contributed by atoms with van der Waals surface area (Å²) in [7, 11) is 0. The van der Waals surface area contributed by atoms with Crippen LogP contribution in [0.5, 0.6) is 5.75 Å². The molecular formula is C11H17NO2. The van der Waals surface area contributed by atoms with Crippen molar-refractivity contribution in [2.75, 3.05) is 0 Å². The SMILES string of the molecule is CCCC(C)Oc1cnccc1CO. The van der Waals surface area contributed by atoms with E-state index in [1.165, 1.54) is 0 Å². The van der Waals surface area contributed by atoms with Gasteiger partial charge in [-0.05, 0) is 19.4 Å². The maximum Gasteiger partial charge on any atom is 0.143 e. The van der Waals surface area contributed by atoms with E-state index in [1.807, 2.05) is 6.92 Å². The molecule has 0 fully saturated rings. The summed E-state index contributed by atoms with van der Waals surface area (Å²) in [6, 6.07) is 1.77. The maximum absolute atomic E-state index is 9.05. The van der Waals surface area contributed by atoms with Crippen LogP contribution in [0, 0.1) is 0 Å². The van der Waals surface area contributed by atoms with Crippen LogP contribution in [-0.2, 0) is 6.61 Å². The Morgan fingerprint density at radius 2 is 2.36 bits per heavy atom. The van der Waals surface area contributed by atoms with E-state index < -0.39 is 0 Å². The summed E-state index contributed by atoms with van der Waals surface area (Å²) in [5, 5.41) is 9.05. The summed E-state index contributed by atoms with van der Waals surface area (Å²) in [4.78, 5) is 3.97. The van der Waals surface area contributed by atoms with Gasteiger partial charge in [0.15, 0.2) is 0 Å². The largest absolute Gasteiger partial charge is 0.489 e. The standard InChI is InChI=1S/C11H17NO2/c1-3-4-9(2)14-11-7-12-6-5-10(11)8-13/h5-7,9,13H,3-4,8H2,1-2H3. The first kappa shape index (κ1) is 11.0. The third-order valence-electron chi connectivity index (χ3n) is 2.06. The molecule has 0 aliphatic carbocycles. The fraction of sp³-hybridized carbons (Fsp3) is 0.545. The van der Waals surface area contributed by atoms with E-state index in [9.17, 15) is 0 Å². The molecule has 1 rings (SSSR count). The Balaban J connectivity index is 2.65. The van der Waals surface area contributed by atoms with Crippen molar-refractivity contribution in [3.05, 3.63) is 24.0 Å². The number of hydrogen-bond donors (Lipinski definition) is 1. The molecule has 0 saturated carbocycles. The highest BCUT2D eigenvalue weighted by Gasteiger charge is 2.06. The molecule has 3 nitrogen and oxygen atoms in total. The molecule has 78 valence electrons. The van der Waals surface area contributed by atoms with Crippen molar-refractivity contribution in [3.63, 3.8) is 0 Å². The van der Waals surface area contributed by atoms with Crippen molar-refractivity contribution >= 4 is 0 Å². The molecule has 0 aliphatic rings. The lowest BCUT2D eigenvalue weighted by atomic mass is 10.2. The van der Waals surface area contributed by atoms with E-state index in [0.717, 1.165) is 18.4 Å². The minimum Gasteiger partial charge on any atom is -0.489 e. The van der Waals surface area contributed by atoms with Crippen LogP contribution in [0.3, 0.4) is 0 Å². The Kier molecular flexibility index (Phi) is 4.40. The van der Waals surface area contributed by atoms with Crippen molar-refractivity contribution in [3.8, 4) is 5.75 Å². The first-order valence-electron chi connectivity index (χ1n) is 4.98. The second-order valence-electron chi connectivity index (χ2n) is 3.36. The lowest BCUT2D eigenvalue weighted by molar-refractivity contribution is 0.199. The smallest absolute Gasteiger partial charge is 0.143 e. The van der Waals surface area contributed by atoms with Crippen molar-refractivity contribution in [1.82, 2.24) is 4.98 Å². The molecule has 3 heteroatoms. The summed E-state index contributed by atoms with van der Waals surface area (Å²) >= 11 is 0. The molecule has 1 unspecified atom stereocenters. The summed E-state index contributed by atoms with van der Waals surface area (Å²) in [6.45, 7) is 4.14. The number of rotatable bonds is 5. The third-order valence-corrected chi connectivity index (χ3v) is 2.06. The van der Waals surface area contributed by atoms with Gasteiger partial charge in [-0.25, -0.2) is 0 Å². The van der Waals surface area contributed by atoms with Gasteiger partial charge in [-0.1, -0.05) is 13.3 Å². The number of aromatic nitrogens is 1. The minimum atomic E-state index is -0.00328. The lowest BCUT2D eigenvalue weighted by Gasteiger charge is -2.15. The maximum atomic E-state index is 9.05. The highest BCUT2D eigenvalue weighted by Crippen LogP contribution is 2.18. The van der Waals surface area contributed by atoms with Crippen LogP contribution in [-0.4, -0.2) is 16.2 Å². The average Bonchev–Trinajstić information content (AvgIpc) is 2.19. The van der Waals surface area contributed by atoms with E-state index in [-0.39, 0.29) is 12.7 Å². The minimum absolute atomic E-state index is 0.00328. The zero-order valence-corrected chi connectivity index (χ0v) is 8.73. The Morgan fingerprint density at radius 3 is 3.00 bits per heavy atom. The highest BCUT2D eigenvalue weighted by molar-refractivity contribution is 5.29. The monoisotopic (exact) mass is 195 g/mol. The molecule has 0 saturated heterocycles.